The summed E-state index contributed by atoms with van der Waals surface area (Å²) in [7, 11) is -4.01. The van der Waals surface area contributed by atoms with E-state index in [9.17, 15) is 30.4 Å². The number of alkyl halides is 5. The van der Waals surface area contributed by atoms with E-state index >= 15 is 0 Å². The maximum Gasteiger partial charge on any atom is 0.416 e. The van der Waals surface area contributed by atoms with Gasteiger partial charge in [-0.25, -0.2) is 27.2 Å². The van der Waals surface area contributed by atoms with Gasteiger partial charge in [-0.1, -0.05) is 12.1 Å². The Balaban J connectivity index is 1.69. The summed E-state index contributed by atoms with van der Waals surface area (Å²) in [4.78, 5) is 7.45. The third-order valence-electron chi connectivity index (χ3n) is 5.63. The maximum atomic E-state index is 13.3. The summed E-state index contributed by atoms with van der Waals surface area (Å²) in [6.45, 7) is 0.176. The van der Waals surface area contributed by atoms with Gasteiger partial charge in [-0.15, -0.1) is 0 Å². The molecule has 2 aromatic carbocycles. The average molecular weight is 513 g/mol. The van der Waals surface area contributed by atoms with Crippen LogP contribution in [-0.4, -0.2) is 31.4 Å². The van der Waals surface area contributed by atoms with Crippen molar-refractivity contribution in [3.05, 3.63) is 77.2 Å². The molecular formula is C23H20F5N3O3S. The molecule has 1 aliphatic rings. The van der Waals surface area contributed by atoms with Crippen molar-refractivity contribution in [1.29, 1.82) is 0 Å². The number of aryl methyl sites for hydroxylation is 1. The van der Waals surface area contributed by atoms with Crippen LogP contribution in [0.2, 0.25) is 0 Å². The molecule has 0 aliphatic carbocycles. The summed E-state index contributed by atoms with van der Waals surface area (Å²) in [6.07, 6.45) is -5.10. The molecule has 35 heavy (non-hydrogen) atoms. The van der Waals surface area contributed by atoms with Gasteiger partial charge in [0.15, 0.2) is 0 Å². The number of hydrogen-bond acceptors (Lipinski definition) is 5. The zero-order valence-corrected chi connectivity index (χ0v) is 18.9. The van der Waals surface area contributed by atoms with Crippen molar-refractivity contribution in [1.82, 2.24) is 9.97 Å². The number of nitrogens with zero attached hydrogens (tertiary/aromatic N) is 2. The summed E-state index contributed by atoms with van der Waals surface area (Å²) < 4.78 is 99.0. The lowest BCUT2D eigenvalue weighted by molar-refractivity contribution is -0.137. The fourth-order valence-corrected chi connectivity index (χ4v) is 5.03. The number of benzene rings is 2. The van der Waals surface area contributed by atoms with Gasteiger partial charge in [0.05, 0.1) is 17.1 Å². The van der Waals surface area contributed by atoms with Crippen molar-refractivity contribution >= 4 is 15.8 Å². The SMILES string of the molecule is O=S(=O)(Nc1ccncn1)c1ccc2c(c1)OCC[C@@H]2c1ccc(C(F)(F)F)cc1CCC(F)F. The Labute approximate surface area is 198 Å². The Kier molecular flexibility index (Phi) is 6.93. The highest BCUT2D eigenvalue weighted by atomic mass is 32.2. The lowest BCUT2D eigenvalue weighted by Crippen LogP contribution is -2.19. The first kappa shape index (κ1) is 24.8. The number of ether oxygens (including phenoxy) is 1. The average Bonchev–Trinajstić information content (AvgIpc) is 2.81. The van der Waals surface area contributed by atoms with Gasteiger partial charge in [0.1, 0.15) is 17.9 Å². The second-order valence-electron chi connectivity index (χ2n) is 7.93. The lowest BCUT2D eigenvalue weighted by atomic mass is 9.82. The monoisotopic (exact) mass is 513 g/mol. The summed E-state index contributed by atoms with van der Waals surface area (Å²) in [6, 6.07) is 8.75. The number of halogens is 5. The molecule has 6 nitrogen and oxygen atoms in total. The fourth-order valence-electron chi connectivity index (χ4n) is 4.01. The second-order valence-corrected chi connectivity index (χ2v) is 9.61. The predicted molar refractivity (Wildman–Crippen MR) is 117 cm³/mol. The molecule has 0 spiro atoms. The molecule has 0 unspecified atom stereocenters. The largest absolute Gasteiger partial charge is 0.493 e. The minimum Gasteiger partial charge on any atom is -0.493 e. The van der Waals surface area contributed by atoms with Gasteiger partial charge in [0.2, 0.25) is 6.43 Å². The van der Waals surface area contributed by atoms with Crippen molar-refractivity contribution in [2.45, 2.75) is 42.7 Å². The number of fused-ring (bicyclic) bond motifs is 1. The topological polar surface area (TPSA) is 81.2 Å². The van der Waals surface area contributed by atoms with Gasteiger partial charge in [-0.2, -0.15) is 13.2 Å². The molecular weight excluding hydrogens is 493 g/mol. The Morgan fingerprint density at radius 1 is 1.09 bits per heavy atom. The van der Waals surface area contributed by atoms with E-state index in [1.807, 2.05) is 0 Å². The Morgan fingerprint density at radius 3 is 2.54 bits per heavy atom. The van der Waals surface area contributed by atoms with E-state index in [0.717, 1.165) is 12.1 Å². The highest BCUT2D eigenvalue weighted by molar-refractivity contribution is 7.92. The van der Waals surface area contributed by atoms with Gasteiger partial charge >= 0.3 is 6.18 Å². The van der Waals surface area contributed by atoms with Crippen LogP contribution in [0.15, 0.2) is 59.9 Å². The number of rotatable bonds is 7. The van der Waals surface area contributed by atoms with Crippen molar-refractivity contribution < 1.29 is 35.1 Å². The minimum atomic E-state index is -4.61. The van der Waals surface area contributed by atoms with Crippen LogP contribution in [0.25, 0.3) is 0 Å². The third kappa shape index (κ3) is 5.69. The molecule has 1 N–H and O–H groups in total. The molecule has 12 heteroatoms. The first-order chi connectivity index (χ1) is 16.5. The molecule has 0 bridgehead atoms. The van der Waals surface area contributed by atoms with Crippen molar-refractivity contribution in [2.75, 3.05) is 11.3 Å². The molecule has 2 heterocycles. The molecule has 1 aliphatic heterocycles. The molecule has 0 amide bonds. The summed E-state index contributed by atoms with van der Waals surface area (Å²) in [5, 5.41) is 0. The molecule has 186 valence electrons. The molecule has 0 fully saturated rings. The van der Waals surface area contributed by atoms with E-state index in [-0.39, 0.29) is 35.1 Å². The lowest BCUT2D eigenvalue weighted by Gasteiger charge is -2.29. The molecule has 4 rings (SSSR count). The first-order valence-corrected chi connectivity index (χ1v) is 12.1. The van der Waals surface area contributed by atoms with Crippen LogP contribution >= 0.6 is 0 Å². The summed E-state index contributed by atoms with van der Waals surface area (Å²) in [5.41, 5.74) is 0.323. The number of sulfonamides is 1. The van der Waals surface area contributed by atoms with Crippen LogP contribution in [0.3, 0.4) is 0 Å². The van der Waals surface area contributed by atoms with Gasteiger partial charge in [-0.05, 0) is 48.2 Å². The zero-order chi connectivity index (χ0) is 25.2. The molecule has 1 aromatic heterocycles. The summed E-state index contributed by atoms with van der Waals surface area (Å²) >= 11 is 0. The van der Waals surface area contributed by atoms with Crippen LogP contribution in [-0.2, 0) is 22.6 Å². The van der Waals surface area contributed by atoms with Crippen molar-refractivity contribution in [3.63, 3.8) is 0 Å². The van der Waals surface area contributed by atoms with Crippen LogP contribution in [0.4, 0.5) is 27.8 Å². The third-order valence-corrected chi connectivity index (χ3v) is 6.99. The predicted octanol–water partition coefficient (Wildman–Crippen LogP) is 5.41. The van der Waals surface area contributed by atoms with Crippen molar-refractivity contribution in [3.8, 4) is 5.75 Å². The first-order valence-electron chi connectivity index (χ1n) is 10.6. The van der Waals surface area contributed by atoms with E-state index in [4.69, 9.17) is 4.74 Å². The highest BCUT2D eigenvalue weighted by Gasteiger charge is 2.33. The number of hydrogen-bond donors (Lipinski definition) is 1. The van der Waals surface area contributed by atoms with Crippen molar-refractivity contribution in [2.24, 2.45) is 0 Å². The van der Waals surface area contributed by atoms with E-state index in [1.165, 1.54) is 42.9 Å². The maximum absolute atomic E-state index is 13.3. The van der Waals surface area contributed by atoms with Crippen LogP contribution in [0, 0.1) is 0 Å². The van der Waals surface area contributed by atoms with Gasteiger partial charge < -0.3 is 4.74 Å². The smallest absolute Gasteiger partial charge is 0.416 e. The Bertz CT molecular complexity index is 1300. The van der Waals surface area contributed by atoms with Crippen LogP contribution in [0.5, 0.6) is 5.75 Å². The van der Waals surface area contributed by atoms with E-state index < -0.39 is 40.5 Å². The second kappa shape index (κ2) is 9.76. The normalized spacial score (nSPS) is 16.0. The molecule has 0 saturated heterocycles. The number of anilines is 1. The van der Waals surface area contributed by atoms with E-state index in [0.29, 0.717) is 17.5 Å². The van der Waals surface area contributed by atoms with Gasteiger partial charge in [0, 0.05) is 30.2 Å². The summed E-state index contributed by atoms with van der Waals surface area (Å²) in [5.74, 6) is -0.114. The highest BCUT2D eigenvalue weighted by Crippen LogP contribution is 2.42. The number of aromatic nitrogens is 2. The molecule has 3 aromatic rings. The van der Waals surface area contributed by atoms with Crippen LogP contribution in [0.1, 0.15) is 41.0 Å². The standard InChI is InChI=1S/C23H20F5N3O3S/c24-21(25)6-1-14-11-15(23(26,27)28)2-4-17(14)18-8-10-34-20-12-16(3-5-19(18)20)35(32,33)31-22-7-9-29-13-30-22/h2-5,7,9,11-13,18,21H,1,6,8,10H2,(H,29,30,31)/t18-/m1/s1. The number of nitrogens with one attached hydrogen (secondary N) is 1. The van der Waals surface area contributed by atoms with Gasteiger partial charge in [-0.3, -0.25) is 4.72 Å². The van der Waals surface area contributed by atoms with E-state index in [2.05, 4.69) is 14.7 Å². The Morgan fingerprint density at radius 2 is 1.86 bits per heavy atom. The Hall–Kier alpha value is -3.28. The molecule has 1 atom stereocenters. The zero-order valence-electron chi connectivity index (χ0n) is 18.1. The van der Waals surface area contributed by atoms with Crippen LogP contribution < -0.4 is 9.46 Å². The van der Waals surface area contributed by atoms with E-state index in [1.54, 1.807) is 0 Å². The fraction of sp³-hybridized carbons (Fsp3) is 0.304. The quantitative estimate of drug-likeness (QED) is 0.428. The van der Waals surface area contributed by atoms with Gasteiger partial charge in [0.25, 0.3) is 10.0 Å². The molecule has 0 saturated carbocycles. The minimum absolute atomic E-state index is 0.0740. The molecule has 0 radical (unpaired) electrons.